The molecule has 0 heterocycles. The van der Waals surface area contributed by atoms with Crippen molar-refractivity contribution in [2.24, 2.45) is 0 Å². The van der Waals surface area contributed by atoms with Gasteiger partial charge in [0.2, 0.25) is 0 Å². The number of ether oxygens (including phenoxy) is 2. The summed E-state index contributed by atoms with van der Waals surface area (Å²) in [5.74, 6) is -0.995. The summed E-state index contributed by atoms with van der Waals surface area (Å²) in [6.45, 7) is 1.24. The van der Waals surface area contributed by atoms with Gasteiger partial charge in [-0.05, 0) is 50.1 Å². The normalized spacial score (nSPS) is 13.8. The summed E-state index contributed by atoms with van der Waals surface area (Å²) in [7, 11) is 0. The van der Waals surface area contributed by atoms with Gasteiger partial charge in [-0.2, -0.15) is 5.26 Å². The number of hydrogen-bond donors (Lipinski definition) is 0. The summed E-state index contributed by atoms with van der Waals surface area (Å²) in [6.07, 6.45) is 0.787. The minimum Gasteiger partial charge on any atom is -0.479 e. The van der Waals surface area contributed by atoms with E-state index in [2.05, 4.69) is 0 Å². The fraction of sp³-hybridized carbons (Fsp3) is 0.318. The maximum Gasteiger partial charge on any atom is 0.347 e. The fourth-order valence-corrected chi connectivity index (χ4v) is 2.81. The second-order valence-corrected chi connectivity index (χ2v) is 6.85. The van der Waals surface area contributed by atoms with Crippen LogP contribution >= 0.6 is 0 Å². The molecule has 0 spiro atoms. The molecule has 0 bridgehead atoms. The molecule has 0 radical (unpaired) electrons. The van der Waals surface area contributed by atoms with E-state index in [-0.39, 0.29) is 24.3 Å². The second kappa shape index (κ2) is 9.20. The topological polar surface area (TPSA) is 79.6 Å². The molecule has 1 amide bonds. The van der Waals surface area contributed by atoms with Crippen LogP contribution in [0.5, 0.6) is 5.75 Å². The highest BCUT2D eigenvalue weighted by molar-refractivity contribution is 5.82. The number of halogens is 1. The van der Waals surface area contributed by atoms with Crippen molar-refractivity contribution >= 4 is 11.9 Å². The third-order valence-electron chi connectivity index (χ3n) is 4.57. The monoisotopic (exact) mass is 396 g/mol. The molecule has 0 N–H and O–H groups in total. The van der Waals surface area contributed by atoms with E-state index in [1.807, 2.05) is 6.07 Å². The average molecular weight is 396 g/mol. The van der Waals surface area contributed by atoms with E-state index in [0.717, 1.165) is 12.8 Å². The van der Waals surface area contributed by atoms with Gasteiger partial charge in [0.25, 0.3) is 5.91 Å². The van der Waals surface area contributed by atoms with Crippen molar-refractivity contribution in [1.82, 2.24) is 4.90 Å². The first-order valence-electron chi connectivity index (χ1n) is 9.34. The fourth-order valence-electron chi connectivity index (χ4n) is 2.81. The maximum atomic E-state index is 13.9. The minimum absolute atomic E-state index is 0.0492. The average Bonchev–Trinajstić information content (AvgIpc) is 3.56. The van der Waals surface area contributed by atoms with E-state index >= 15 is 0 Å². The van der Waals surface area contributed by atoms with Gasteiger partial charge in [-0.3, -0.25) is 4.79 Å². The molecule has 0 saturated heterocycles. The van der Waals surface area contributed by atoms with E-state index in [1.54, 1.807) is 47.4 Å². The molecular weight excluding hydrogens is 375 g/mol. The molecule has 2 aromatic carbocycles. The van der Waals surface area contributed by atoms with Gasteiger partial charge in [-0.25, -0.2) is 9.18 Å². The van der Waals surface area contributed by atoms with Crippen LogP contribution in [0.25, 0.3) is 0 Å². The lowest BCUT2D eigenvalue weighted by Crippen LogP contribution is -2.37. The lowest BCUT2D eigenvalue weighted by Gasteiger charge is -2.23. The van der Waals surface area contributed by atoms with Crippen LogP contribution in [-0.2, 0) is 20.9 Å². The Bertz CT molecular complexity index is 919. The van der Waals surface area contributed by atoms with E-state index in [0.29, 0.717) is 16.9 Å². The highest BCUT2D eigenvalue weighted by atomic mass is 19.1. The van der Waals surface area contributed by atoms with Gasteiger partial charge in [0.05, 0.1) is 11.6 Å². The Morgan fingerprint density at radius 3 is 2.52 bits per heavy atom. The van der Waals surface area contributed by atoms with Crippen molar-refractivity contribution in [3.63, 3.8) is 0 Å². The van der Waals surface area contributed by atoms with Gasteiger partial charge in [-0.15, -0.1) is 0 Å². The zero-order valence-electron chi connectivity index (χ0n) is 16.0. The van der Waals surface area contributed by atoms with Crippen LogP contribution in [0.1, 0.15) is 30.9 Å². The number of nitrogens with zero attached hydrogens (tertiary/aromatic N) is 2. The quantitative estimate of drug-likeness (QED) is 0.640. The van der Waals surface area contributed by atoms with Crippen molar-refractivity contribution in [1.29, 1.82) is 5.26 Å². The third-order valence-corrected chi connectivity index (χ3v) is 4.57. The number of carbonyl (C=O) groups is 2. The van der Waals surface area contributed by atoms with Crippen LogP contribution in [-0.4, -0.2) is 35.5 Å². The van der Waals surface area contributed by atoms with Gasteiger partial charge in [0.15, 0.2) is 12.7 Å². The minimum atomic E-state index is -0.920. The maximum absolute atomic E-state index is 13.9. The van der Waals surface area contributed by atoms with Crippen LogP contribution in [0, 0.1) is 17.1 Å². The molecular formula is C22H21FN2O4. The number of hydrogen-bond acceptors (Lipinski definition) is 5. The molecule has 3 rings (SSSR count). The summed E-state index contributed by atoms with van der Waals surface area (Å²) in [6, 6.07) is 14.7. The molecule has 0 aliphatic heterocycles. The lowest BCUT2D eigenvalue weighted by molar-refractivity contribution is -0.157. The standard InChI is InChI=1S/C22H21FN2O4/c1-15(29-19-10-6-16(12-24)7-11-19)22(27)28-14-21(26)25(18-8-9-18)13-17-4-2-3-5-20(17)23/h2-7,10-11,15,18H,8-9,13-14H2,1H3/t15-/m0/s1. The first-order chi connectivity index (χ1) is 14.0. The third kappa shape index (κ3) is 5.55. The number of benzene rings is 2. The Kier molecular flexibility index (Phi) is 6.45. The molecule has 7 heteroatoms. The van der Waals surface area contributed by atoms with E-state index in [9.17, 15) is 14.0 Å². The molecule has 150 valence electrons. The highest BCUT2D eigenvalue weighted by Crippen LogP contribution is 2.29. The largest absolute Gasteiger partial charge is 0.479 e. The van der Waals surface area contributed by atoms with E-state index < -0.39 is 18.7 Å². The molecule has 29 heavy (non-hydrogen) atoms. The zero-order chi connectivity index (χ0) is 20.8. The van der Waals surface area contributed by atoms with Crippen molar-refractivity contribution in [2.45, 2.75) is 38.5 Å². The molecule has 2 aromatic rings. The number of amides is 1. The van der Waals surface area contributed by atoms with Crippen LogP contribution in [0.3, 0.4) is 0 Å². The number of esters is 1. The van der Waals surface area contributed by atoms with Crippen LogP contribution in [0.15, 0.2) is 48.5 Å². The Hall–Kier alpha value is -3.40. The van der Waals surface area contributed by atoms with Crippen LogP contribution < -0.4 is 4.74 Å². The van der Waals surface area contributed by atoms with Crippen molar-refractivity contribution < 1.29 is 23.5 Å². The van der Waals surface area contributed by atoms with Crippen molar-refractivity contribution in [2.75, 3.05) is 6.61 Å². The van der Waals surface area contributed by atoms with E-state index in [4.69, 9.17) is 14.7 Å². The van der Waals surface area contributed by atoms with E-state index in [1.165, 1.54) is 13.0 Å². The first-order valence-corrected chi connectivity index (χ1v) is 9.34. The predicted molar refractivity (Wildman–Crippen MR) is 102 cm³/mol. The molecule has 6 nitrogen and oxygen atoms in total. The highest BCUT2D eigenvalue weighted by Gasteiger charge is 2.33. The number of rotatable bonds is 8. The van der Waals surface area contributed by atoms with Gasteiger partial charge >= 0.3 is 5.97 Å². The smallest absolute Gasteiger partial charge is 0.347 e. The summed E-state index contributed by atoms with van der Waals surface area (Å²) < 4.78 is 24.5. The Labute approximate surface area is 168 Å². The molecule has 0 unspecified atom stereocenters. The second-order valence-electron chi connectivity index (χ2n) is 6.85. The van der Waals surface area contributed by atoms with Gasteiger partial charge in [0, 0.05) is 18.2 Å². The lowest BCUT2D eigenvalue weighted by atomic mass is 10.2. The Morgan fingerprint density at radius 2 is 1.90 bits per heavy atom. The summed E-state index contributed by atoms with van der Waals surface area (Å²) >= 11 is 0. The molecule has 1 saturated carbocycles. The summed E-state index contributed by atoms with van der Waals surface area (Å²) in [5, 5.41) is 8.80. The van der Waals surface area contributed by atoms with Crippen LogP contribution in [0.4, 0.5) is 4.39 Å². The van der Waals surface area contributed by atoms with Crippen molar-refractivity contribution in [3.8, 4) is 11.8 Å². The first kappa shape index (κ1) is 20.3. The van der Waals surface area contributed by atoms with Crippen LogP contribution in [0.2, 0.25) is 0 Å². The Balaban J connectivity index is 1.53. The Morgan fingerprint density at radius 1 is 1.21 bits per heavy atom. The van der Waals surface area contributed by atoms with Gasteiger partial charge in [0.1, 0.15) is 11.6 Å². The van der Waals surface area contributed by atoms with Gasteiger partial charge < -0.3 is 14.4 Å². The predicted octanol–water partition coefficient (Wildman–Crippen LogP) is 3.20. The summed E-state index contributed by atoms with van der Waals surface area (Å²) in [5.41, 5.74) is 0.907. The summed E-state index contributed by atoms with van der Waals surface area (Å²) in [4.78, 5) is 26.3. The molecule has 1 aliphatic carbocycles. The number of carbonyl (C=O) groups excluding carboxylic acids is 2. The van der Waals surface area contributed by atoms with Gasteiger partial charge in [-0.1, -0.05) is 18.2 Å². The van der Waals surface area contributed by atoms with Crippen molar-refractivity contribution in [3.05, 3.63) is 65.5 Å². The molecule has 1 aliphatic rings. The molecule has 1 fully saturated rings. The SMILES string of the molecule is C[C@H](Oc1ccc(C#N)cc1)C(=O)OCC(=O)N(Cc1ccccc1F)C1CC1. The number of nitriles is 1. The molecule has 0 aromatic heterocycles. The molecule has 1 atom stereocenters. The zero-order valence-corrected chi connectivity index (χ0v) is 16.0.